The summed E-state index contributed by atoms with van der Waals surface area (Å²) < 4.78 is 0. The van der Waals surface area contributed by atoms with Crippen molar-refractivity contribution < 1.29 is 0 Å². The van der Waals surface area contributed by atoms with Crippen molar-refractivity contribution in [3.05, 3.63) is 66.2 Å². The first kappa shape index (κ1) is 15.7. The third-order valence-corrected chi connectivity index (χ3v) is 4.44. The maximum atomic E-state index is 4.51. The molecule has 4 rings (SSSR count). The van der Waals surface area contributed by atoms with Crippen LogP contribution in [0.4, 0.5) is 5.82 Å². The van der Waals surface area contributed by atoms with E-state index in [-0.39, 0.29) is 6.04 Å². The first-order valence-electron chi connectivity index (χ1n) is 8.47. The standard InChI is InChI=1S/C19H20N6/c1-14-12-17(23-24-18(14)15-6-3-2-4-7-15)25-11-10-20-13-16(25)19-21-8-5-9-22-19/h2-9,12,16,20H,10-11,13H2,1H3. The van der Waals surface area contributed by atoms with Gasteiger partial charge in [0.15, 0.2) is 11.6 Å². The third-order valence-electron chi connectivity index (χ3n) is 4.44. The second-order valence-corrected chi connectivity index (χ2v) is 6.12. The van der Waals surface area contributed by atoms with E-state index in [1.807, 2.05) is 24.3 Å². The third kappa shape index (κ3) is 3.21. The number of anilines is 1. The van der Waals surface area contributed by atoms with Crippen LogP contribution in [-0.2, 0) is 0 Å². The van der Waals surface area contributed by atoms with Gasteiger partial charge in [-0.15, -0.1) is 10.2 Å². The van der Waals surface area contributed by atoms with Crippen LogP contribution in [0, 0.1) is 6.92 Å². The van der Waals surface area contributed by atoms with E-state index in [2.05, 4.69) is 55.5 Å². The number of aryl methyl sites for hydroxylation is 1. The minimum absolute atomic E-state index is 0.0613. The molecule has 0 amide bonds. The normalized spacial score (nSPS) is 17.5. The van der Waals surface area contributed by atoms with Crippen LogP contribution < -0.4 is 10.2 Å². The van der Waals surface area contributed by atoms with Crippen molar-refractivity contribution >= 4 is 5.82 Å². The Balaban J connectivity index is 1.67. The van der Waals surface area contributed by atoms with Gasteiger partial charge < -0.3 is 10.2 Å². The summed E-state index contributed by atoms with van der Waals surface area (Å²) in [6.07, 6.45) is 3.56. The van der Waals surface area contributed by atoms with Gasteiger partial charge in [-0.3, -0.25) is 0 Å². The monoisotopic (exact) mass is 332 g/mol. The van der Waals surface area contributed by atoms with Gasteiger partial charge in [-0.2, -0.15) is 0 Å². The van der Waals surface area contributed by atoms with E-state index in [4.69, 9.17) is 0 Å². The lowest BCUT2D eigenvalue weighted by Crippen LogP contribution is -2.47. The van der Waals surface area contributed by atoms with Crippen LogP contribution in [0.15, 0.2) is 54.9 Å². The van der Waals surface area contributed by atoms with E-state index in [1.54, 1.807) is 12.4 Å². The fraction of sp³-hybridized carbons (Fsp3) is 0.263. The number of rotatable bonds is 3. The summed E-state index contributed by atoms with van der Waals surface area (Å²) in [6.45, 7) is 4.63. The lowest BCUT2D eigenvalue weighted by atomic mass is 10.1. The van der Waals surface area contributed by atoms with Crippen molar-refractivity contribution in [1.29, 1.82) is 0 Å². The van der Waals surface area contributed by atoms with Gasteiger partial charge in [0.1, 0.15) is 6.04 Å². The number of nitrogens with one attached hydrogen (secondary N) is 1. The molecule has 0 spiro atoms. The van der Waals surface area contributed by atoms with E-state index < -0.39 is 0 Å². The van der Waals surface area contributed by atoms with Crippen LogP contribution >= 0.6 is 0 Å². The Labute approximate surface area is 147 Å². The molecule has 0 radical (unpaired) electrons. The highest BCUT2D eigenvalue weighted by molar-refractivity contribution is 5.64. The van der Waals surface area contributed by atoms with Crippen molar-refractivity contribution in [3.8, 4) is 11.3 Å². The molecule has 2 aromatic heterocycles. The molecule has 3 aromatic rings. The number of aromatic nitrogens is 4. The highest BCUT2D eigenvalue weighted by atomic mass is 15.3. The molecule has 1 aliphatic rings. The second-order valence-electron chi connectivity index (χ2n) is 6.12. The zero-order chi connectivity index (χ0) is 17.1. The average molecular weight is 332 g/mol. The summed E-state index contributed by atoms with van der Waals surface area (Å²) in [5.41, 5.74) is 3.12. The summed E-state index contributed by atoms with van der Waals surface area (Å²) in [7, 11) is 0. The zero-order valence-electron chi connectivity index (χ0n) is 14.1. The Morgan fingerprint density at radius 2 is 1.84 bits per heavy atom. The molecule has 0 bridgehead atoms. The summed E-state index contributed by atoms with van der Waals surface area (Å²) in [5, 5.41) is 12.4. The van der Waals surface area contributed by atoms with Gasteiger partial charge in [0.05, 0.1) is 5.69 Å². The molecule has 1 fully saturated rings. The van der Waals surface area contributed by atoms with Crippen molar-refractivity contribution in [2.24, 2.45) is 0 Å². The number of piperazine rings is 1. The lowest BCUT2D eigenvalue weighted by molar-refractivity contribution is 0.468. The quantitative estimate of drug-likeness (QED) is 0.794. The minimum atomic E-state index is 0.0613. The van der Waals surface area contributed by atoms with Crippen molar-refractivity contribution in [3.63, 3.8) is 0 Å². The Kier molecular flexibility index (Phi) is 4.35. The van der Waals surface area contributed by atoms with Gasteiger partial charge >= 0.3 is 0 Å². The molecular formula is C19H20N6. The van der Waals surface area contributed by atoms with Crippen LogP contribution in [0.3, 0.4) is 0 Å². The smallest absolute Gasteiger partial charge is 0.152 e. The highest BCUT2D eigenvalue weighted by Gasteiger charge is 2.27. The Morgan fingerprint density at radius 1 is 1.04 bits per heavy atom. The van der Waals surface area contributed by atoms with Crippen molar-refractivity contribution in [1.82, 2.24) is 25.5 Å². The summed E-state index contributed by atoms with van der Waals surface area (Å²) in [6, 6.07) is 14.2. The number of nitrogens with zero attached hydrogens (tertiary/aromatic N) is 5. The molecule has 25 heavy (non-hydrogen) atoms. The van der Waals surface area contributed by atoms with E-state index in [1.165, 1.54) is 0 Å². The van der Waals surface area contributed by atoms with Gasteiger partial charge in [-0.05, 0) is 24.6 Å². The molecule has 126 valence electrons. The number of hydrogen-bond acceptors (Lipinski definition) is 6. The molecule has 1 atom stereocenters. The molecule has 1 aliphatic heterocycles. The van der Waals surface area contributed by atoms with E-state index >= 15 is 0 Å². The first-order valence-corrected chi connectivity index (χ1v) is 8.47. The molecule has 1 unspecified atom stereocenters. The second kappa shape index (κ2) is 6.94. The molecule has 0 saturated carbocycles. The summed E-state index contributed by atoms with van der Waals surface area (Å²) >= 11 is 0. The van der Waals surface area contributed by atoms with Crippen LogP contribution in [-0.4, -0.2) is 39.8 Å². The predicted octanol–water partition coefficient (Wildman–Crippen LogP) is 2.39. The molecule has 6 nitrogen and oxygen atoms in total. The van der Waals surface area contributed by atoms with Gasteiger partial charge in [0, 0.05) is 37.6 Å². The van der Waals surface area contributed by atoms with E-state index in [0.29, 0.717) is 0 Å². The highest BCUT2D eigenvalue weighted by Crippen LogP contribution is 2.28. The Hall–Kier alpha value is -2.86. The number of hydrogen-bond donors (Lipinski definition) is 1. The molecule has 1 N–H and O–H groups in total. The van der Waals surface area contributed by atoms with Gasteiger partial charge in [-0.25, -0.2) is 9.97 Å². The fourth-order valence-electron chi connectivity index (χ4n) is 3.18. The van der Waals surface area contributed by atoms with Crippen LogP contribution in [0.25, 0.3) is 11.3 Å². The molecule has 1 saturated heterocycles. The van der Waals surface area contributed by atoms with Crippen LogP contribution in [0.2, 0.25) is 0 Å². The summed E-state index contributed by atoms with van der Waals surface area (Å²) in [5.74, 6) is 1.68. The van der Waals surface area contributed by atoms with Crippen LogP contribution in [0.1, 0.15) is 17.4 Å². The van der Waals surface area contributed by atoms with E-state index in [9.17, 15) is 0 Å². The fourth-order valence-corrected chi connectivity index (χ4v) is 3.18. The lowest BCUT2D eigenvalue weighted by Gasteiger charge is -2.35. The topological polar surface area (TPSA) is 66.8 Å². The largest absolute Gasteiger partial charge is 0.342 e. The van der Waals surface area contributed by atoms with Crippen molar-refractivity contribution in [2.75, 3.05) is 24.5 Å². The average Bonchev–Trinajstić information content (AvgIpc) is 2.69. The maximum absolute atomic E-state index is 4.51. The Bertz CT molecular complexity index is 837. The zero-order valence-corrected chi connectivity index (χ0v) is 14.1. The molecule has 1 aromatic carbocycles. The summed E-state index contributed by atoms with van der Waals surface area (Å²) in [4.78, 5) is 11.1. The molecule has 3 heterocycles. The van der Waals surface area contributed by atoms with Crippen molar-refractivity contribution in [2.45, 2.75) is 13.0 Å². The van der Waals surface area contributed by atoms with Gasteiger partial charge in [-0.1, -0.05) is 30.3 Å². The predicted molar refractivity (Wildman–Crippen MR) is 97.2 cm³/mol. The SMILES string of the molecule is Cc1cc(N2CCNCC2c2ncccn2)nnc1-c1ccccc1. The maximum Gasteiger partial charge on any atom is 0.152 e. The van der Waals surface area contributed by atoms with E-state index in [0.717, 1.165) is 48.1 Å². The molecular weight excluding hydrogens is 312 g/mol. The first-order chi connectivity index (χ1) is 12.3. The minimum Gasteiger partial charge on any atom is -0.342 e. The molecule has 6 heteroatoms. The Morgan fingerprint density at radius 3 is 2.60 bits per heavy atom. The number of benzene rings is 1. The van der Waals surface area contributed by atoms with Gasteiger partial charge in [0.25, 0.3) is 0 Å². The molecule has 0 aliphatic carbocycles. The van der Waals surface area contributed by atoms with Gasteiger partial charge in [0.2, 0.25) is 0 Å². The van der Waals surface area contributed by atoms with Crippen LogP contribution in [0.5, 0.6) is 0 Å².